The van der Waals surface area contributed by atoms with Crippen LogP contribution in [0.1, 0.15) is 39.2 Å². The predicted molar refractivity (Wildman–Crippen MR) is 99.9 cm³/mol. The molecule has 1 atom stereocenters. The number of carbonyl (C=O) groups excluding carboxylic acids is 2. The van der Waals surface area contributed by atoms with Gasteiger partial charge in [0.2, 0.25) is 0 Å². The Hall–Kier alpha value is -2.08. The van der Waals surface area contributed by atoms with Gasteiger partial charge in [0.05, 0.1) is 7.11 Å². The molecule has 2 rings (SSSR count). The van der Waals surface area contributed by atoms with Crippen molar-refractivity contribution in [3.8, 4) is 0 Å². The highest BCUT2D eigenvalue weighted by molar-refractivity contribution is 5.76. The van der Waals surface area contributed by atoms with Gasteiger partial charge in [-0.3, -0.25) is 4.79 Å². The Kier molecular flexibility index (Phi) is 7.03. The molecule has 0 radical (unpaired) electrons. The van der Waals surface area contributed by atoms with E-state index in [9.17, 15) is 9.59 Å². The number of esters is 1. The molecule has 6 heteroatoms. The molecule has 1 N–H and O–H groups in total. The first-order chi connectivity index (χ1) is 12.3. The van der Waals surface area contributed by atoms with Crippen LogP contribution >= 0.6 is 0 Å². The number of nitrogens with zero attached hydrogens (tertiary/aromatic N) is 1. The van der Waals surface area contributed by atoms with E-state index in [2.05, 4.69) is 5.32 Å². The lowest BCUT2D eigenvalue weighted by atomic mass is 10.0. The monoisotopic (exact) mass is 362 g/mol. The van der Waals surface area contributed by atoms with Gasteiger partial charge in [0.25, 0.3) is 0 Å². The number of piperidine rings is 1. The van der Waals surface area contributed by atoms with Crippen molar-refractivity contribution in [3.05, 3.63) is 35.9 Å². The molecule has 1 saturated heterocycles. The van der Waals surface area contributed by atoms with Crippen LogP contribution in [-0.4, -0.2) is 54.8 Å². The summed E-state index contributed by atoms with van der Waals surface area (Å²) in [6.45, 7) is 6.83. The van der Waals surface area contributed by atoms with Crippen molar-refractivity contribution in [3.63, 3.8) is 0 Å². The van der Waals surface area contributed by atoms with Gasteiger partial charge in [-0.25, -0.2) is 4.79 Å². The van der Waals surface area contributed by atoms with Gasteiger partial charge >= 0.3 is 12.1 Å². The van der Waals surface area contributed by atoms with E-state index in [1.54, 1.807) is 4.90 Å². The van der Waals surface area contributed by atoms with Crippen LogP contribution in [0.5, 0.6) is 0 Å². The Morgan fingerprint density at radius 1 is 1.19 bits per heavy atom. The zero-order valence-corrected chi connectivity index (χ0v) is 16.2. The van der Waals surface area contributed by atoms with Crippen molar-refractivity contribution in [2.75, 3.05) is 20.2 Å². The lowest BCUT2D eigenvalue weighted by molar-refractivity contribution is -0.143. The van der Waals surface area contributed by atoms with E-state index in [-0.39, 0.29) is 24.1 Å². The standard InChI is InChI=1S/C20H30N2O4/c1-20(2,3)26-19(24)22-12-10-16(11-13-22)21-17(18(23)25-4)14-15-8-6-5-7-9-15/h5-9,16-17,21H,10-14H2,1-4H3/t17-/m0/s1. The third-order valence-electron chi connectivity index (χ3n) is 4.35. The van der Waals surface area contributed by atoms with Crippen LogP contribution in [-0.2, 0) is 20.7 Å². The topological polar surface area (TPSA) is 67.9 Å². The van der Waals surface area contributed by atoms with Gasteiger partial charge in [-0.05, 0) is 45.6 Å². The van der Waals surface area contributed by atoms with E-state index in [0.717, 1.165) is 18.4 Å². The predicted octanol–water partition coefficient (Wildman–Crippen LogP) is 2.76. The SMILES string of the molecule is COC(=O)[C@H](Cc1ccccc1)NC1CCN(C(=O)OC(C)(C)C)CC1. The summed E-state index contributed by atoms with van der Waals surface area (Å²) >= 11 is 0. The summed E-state index contributed by atoms with van der Waals surface area (Å²) in [6.07, 6.45) is 1.87. The number of likely N-dealkylation sites (tertiary alicyclic amines) is 1. The molecule has 1 aliphatic heterocycles. The van der Waals surface area contributed by atoms with Gasteiger partial charge in [0.15, 0.2) is 0 Å². The number of benzene rings is 1. The molecule has 1 aromatic rings. The number of hydrogen-bond acceptors (Lipinski definition) is 5. The molecular formula is C20H30N2O4. The van der Waals surface area contributed by atoms with Crippen LogP contribution in [0.2, 0.25) is 0 Å². The van der Waals surface area contributed by atoms with E-state index in [1.807, 2.05) is 51.1 Å². The number of nitrogens with one attached hydrogen (secondary N) is 1. The van der Waals surface area contributed by atoms with E-state index in [0.29, 0.717) is 19.5 Å². The maximum atomic E-state index is 12.2. The van der Waals surface area contributed by atoms with Gasteiger partial charge in [-0.1, -0.05) is 30.3 Å². The van der Waals surface area contributed by atoms with Crippen LogP contribution in [0.15, 0.2) is 30.3 Å². The number of carbonyl (C=O) groups is 2. The highest BCUT2D eigenvalue weighted by Crippen LogP contribution is 2.16. The van der Waals surface area contributed by atoms with Crippen molar-refractivity contribution >= 4 is 12.1 Å². The first-order valence-corrected chi connectivity index (χ1v) is 9.14. The van der Waals surface area contributed by atoms with Crippen molar-refractivity contribution < 1.29 is 19.1 Å². The third kappa shape index (κ3) is 6.33. The minimum Gasteiger partial charge on any atom is -0.468 e. The quantitative estimate of drug-likeness (QED) is 0.816. The second-order valence-corrected chi connectivity index (χ2v) is 7.67. The van der Waals surface area contributed by atoms with Gasteiger partial charge in [0.1, 0.15) is 11.6 Å². The summed E-state index contributed by atoms with van der Waals surface area (Å²) < 4.78 is 10.4. The molecule has 0 aromatic heterocycles. The number of amides is 1. The first kappa shape index (κ1) is 20.2. The Labute approximate surface area is 155 Å². The fraction of sp³-hybridized carbons (Fsp3) is 0.600. The summed E-state index contributed by atoms with van der Waals surface area (Å²) in [5, 5.41) is 3.41. The minimum absolute atomic E-state index is 0.168. The van der Waals surface area contributed by atoms with Gasteiger partial charge < -0.3 is 19.7 Å². The molecule has 0 saturated carbocycles. The van der Waals surface area contributed by atoms with Crippen LogP contribution < -0.4 is 5.32 Å². The number of rotatable bonds is 5. The lowest BCUT2D eigenvalue weighted by Gasteiger charge is -2.35. The van der Waals surface area contributed by atoms with Crippen molar-refractivity contribution in [1.29, 1.82) is 0 Å². The molecule has 1 aliphatic rings. The average Bonchev–Trinajstić information content (AvgIpc) is 2.60. The molecule has 0 unspecified atom stereocenters. The maximum Gasteiger partial charge on any atom is 0.410 e. The highest BCUT2D eigenvalue weighted by atomic mass is 16.6. The summed E-state index contributed by atoms with van der Waals surface area (Å²) in [5.74, 6) is -0.261. The molecule has 0 spiro atoms. The molecule has 26 heavy (non-hydrogen) atoms. The van der Waals surface area contributed by atoms with E-state index < -0.39 is 5.60 Å². The molecule has 1 aromatic carbocycles. The molecule has 1 fully saturated rings. The number of hydrogen-bond donors (Lipinski definition) is 1. The summed E-state index contributed by atoms with van der Waals surface area (Å²) in [6, 6.07) is 9.66. The molecule has 6 nitrogen and oxygen atoms in total. The lowest BCUT2D eigenvalue weighted by Crippen LogP contribution is -2.51. The van der Waals surface area contributed by atoms with E-state index in [4.69, 9.17) is 9.47 Å². The molecule has 1 heterocycles. The van der Waals surface area contributed by atoms with Crippen molar-refractivity contribution in [1.82, 2.24) is 10.2 Å². The van der Waals surface area contributed by atoms with Crippen molar-refractivity contribution in [2.24, 2.45) is 0 Å². The van der Waals surface area contributed by atoms with E-state index in [1.165, 1.54) is 7.11 Å². The summed E-state index contributed by atoms with van der Waals surface area (Å²) in [7, 11) is 1.41. The second-order valence-electron chi connectivity index (χ2n) is 7.67. The van der Waals surface area contributed by atoms with Gasteiger partial charge in [0, 0.05) is 19.1 Å². The van der Waals surface area contributed by atoms with Crippen LogP contribution in [0.4, 0.5) is 4.79 Å². The van der Waals surface area contributed by atoms with Crippen LogP contribution in [0, 0.1) is 0 Å². The fourth-order valence-electron chi connectivity index (χ4n) is 3.04. The molecule has 0 bridgehead atoms. The molecule has 0 aliphatic carbocycles. The Balaban J connectivity index is 1.88. The largest absolute Gasteiger partial charge is 0.468 e. The average molecular weight is 362 g/mol. The Morgan fingerprint density at radius 2 is 1.81 bits per heavy atom. The van der Waals surface area contributed by atoms with Crippen LogP contribution in [0.3, 0.4) is 0 Å². The van der Waals surface area contributed by atoms with Gasteiger partial charge in [-0.2, -0.15) is 0 Å². The Bertz CT molecular complexity index is 590. The second kappa shape index (κ2) is 9.03. The first-order valence-electron chi connectivity index (χ1n) is 9.14. The van der Waals surface area contributed by atoms with E-state index >= 15 is 0 Å². The zero-order valence-electron chi connectivity index (χ0n) is 16.2. The van der Waals surface area contributed by atoms with Crippen LogP contribution in [0.25, 0.3) is 0 Å². The fourth-order valence-corrected chi connectivity index (χ4v) is 3.04. The van der Waals surface area contributed by atoms with Gasteiger partial charge in [-0.15, -0.1) is 0 Å². The summed E-state index contributed by atoms with van der Waals surface area (Å²) in [5.41, 5.74) is 0.597. The minimum atomic E-state index is -0.488. The highest BCUT2D eigenvalue weighted by Gasteiger charge is 2.29. The summed E-state index contributed by atoms with van der Waals surface area (Å²) in [4.78, 5) is 26.0. The molecule has 144 valence electrons. The number of ether oxygens (including phenoxy) is 2. The van der Waals surface area contributed by atoms with Crippen molar-refractivity contribution in [2.45, 2.75) is 57.7 Å². The zero-order chi connectivity index (χ0) is 19.2. The molecular weight excluding hydrogens is 332 g/mol. The normalized spacial score (nSPS) is 16.8. The Morgan fingerprint density at radius 3 is 2.35 bits per heavy atom. The number of methoxy groups -OCH3 is 1. The smallest absolute Gasteiger partial charge is 0.410 e. The molecule has 1 amide bonds. The maximum absolute atomic E-state index is 12.2. The third-order valence-corrected chi connectivity index (χ3v) is 4.35.